The van der Waals surface area contributed by atoms with Crippen LogP contribution in [0.3, 0.4) is 0 Å². The molecule has 0 bridgehead atoms. The first-order chi connectivity index (χ1) is 9.85. The molecule has 0 amide bonds. The van der Waals surface area contributed by atoms with Crippen LogP contribution in [0.4, 0.5) is 5.69 Å². The lowest BCUT2D eigenvalue weighted by Gasteiger charge is -2.05. The molecule has 0 radical (unpaired) electrons. The van der Waals surface area contributed by atoms with E-state index >= 15 is 0 Å². The molecule has 5 heteroatoms. The Bertz CT molecular complexity index is 656. The van der Waals surface area contributed by atoms with Crippen LogP contribution in [-0.2, 0) is 13.0 Å². The lowest BCUT2D eigenvalue weighted by Crippen LogP contribution is -1.96. The zero-order chi connectivity index (χ0) is 13.8. The molecule has 0 aliphatic heterocycles. The number of hydrogen-bond donors (Lipinski definition) is 2. The molecular weight excluding hydrogens is 268 g/mol. The van der Waals surface area contributed by atoms with Crippen molar-refractivity contribution in [1.82, 2.24) is 15.2 Å². The zero-order valence-corrected chi connectivity index (χ0v) is 12.1. The van der Waals surface area contributed by atoms with Gasteiger partial charge in [-0.25, -0.2) is 4.98 Å². The Kier molecular flexibility index (Phi) is 3.78. The van der Waals surface area contributed by atoms with E-state index in [-0.39, 0.29) is 0 Å². The molecule has 2 N–H and O–H groups in total. The minimum absolute atomic E-state index is 0.821. The molecule has 1 aromatic carbocycles. The number of benzene rings is 1. The molecular formula is C15H16N4S. The number of H-pyrrole nitrogens is 1. The summed E-state index contributed by atoms with van der Waals surface area (Å²) in [5.41, 5.74) is 3.28. The summed E-state index contributed by atoms with van der Waals surface area (Å²) >= 11 is 1.77. The second-order valence-electron chi connectivity index (χ2n) is 4.48. The first-order valence-corrected chi connectivity index (χ1v) is 7.44. The highest BCUT2D eigenvalue weighted by molar-refractivity contribution is 7.11. The van der Waals surface area contributed by atoms with E-state index in [1.54, 1.807) is 17.5 Å². The van der Waals surface area contributed by atoms with Crippen LogP contribution in [0.5, 0.6) is 0 Å². The molecule has 0 fully saturated rings. The highest BCUT2D eigenvalue weighted by Crippen LogP contribution is 2.20. The molecule has 2 heterocycles. The van der Waals surface area contributed by atoms with Crippen LogP contribution in [-0.4, -0.2) is 15.2 Å². The Morgan fingerprint density at radius 2 is 2.05 bits per heavy atom. The highest BCUT2D eigenvalue weighted by atomic mass is 32.1. The van der Waals surface area contributed by atoms with Gasteiger partial charge in [-0.1, -0.05) is 19.1 Å². The van der Waals surface area contributed by atoms with Gasteiger partial charge in [0.2, 0.25) is 0 Å². The first-order valence-electron chi connectivity index (χ1n) is 6.62. The summed E-state index contributed by atoms with van der Waals surface area (Å²) in [6.07, 6.45) is 4.72. The van der Waals surface area contributed by atoms with E-state index in [4.69, 9.17) is 0 Å². The van der Waals surface area contributed by atoms with Crippen molar-refractivity contribution in [2.45, 2.75) is 19.9 Å². The Labute approximate surface area is 121 Å². The smallest absolute Gasteiger partial charge is 0.0925 e. The average molecular weight is 284 g/mol. The fourth-order valence-electron chi connectivity index (χ4n) is 1.97. The van der Waals surface area contributed by atoms with E-state index in [2.05, 4.69) is 51.7 Å². The van der Waals surface area contributed by atoms with Gasteiger partial charge >= 0.3 is 0 Å². The van der Waals surface area contributed by atoms with E-state index in [0.717, 1.165) is 29.9 Å². The molecule has 2 aromatic heterocycles. The van der Waals surface area contributed by atoms with Gasteiger partial charge in [0.05, 0.1) is 17.2 Å². The molecule has 0 aliphatic carbocycles. The second kappa shape index (κ2) is 5.88. The molecule has 102 valence electrons. The Hall–Kier alpha value is -2.14. The normalized spacial score (nSPS) is 10.7. The number of hydrogen-bond acceptors (Lipinski definition) is 4. The van der Waals surface area contributed by atoms with Crippen LogP contribution >= 0.6 is 11.3 Å². The predicted molar refractivity (Wildman–Crippen MR) is 82.8 cm³/mol. The van der Waals surface area contributed by atoms with Gasteiger partial charge in [-0.3, -0.25) is 5.10 Å². The average Bonchev–Trinajstić information content (AvgIpc) is 3.17. The molecule has 4 nitrogen and oxygen atoms in total. The summed E-state index contributed by atoms with van der Waals surface area (Å²) in [5.74, 6) is 0. The molecule has 3 aromatic rings. The quantitative estimate of drug-likeness (QED) is 0.751. The fraction of sp³-hybridized carbons (Fsp3) is 0.200. The lowest BCUT2D eigenvalue weighted by atomic mass is 10.1. The van der Waals surface area contributed by atoms with Crippen LogP contribution in [0, 0.1) is 0 Å². The standard InChI is InChI=1S/C15H16N4S/c1-2-15-17-10-13(20-15)9-16-12-5-3-11(4-6-12)14-7-8-18-19-14/h3-8,10,16H,2,9H2,1H3,(H,18,19). The maximum Gasteiger partial charge on any atom is 0.0925 e. The first kappa shape index (κ1) is 12.9. The van der Waals surface area contributed by atoms with Gasteiger partial charge in [-0.05, 0) is 30.2 Å². The maximum atomic E-state index is 4.36. The summed E-state index contributed by atoms with van der Waals surface area (Å²) in [6.45, 7) is 2.95. The Morgan fingerprint density at radius 3 is 2.70 bits per heavy atom. The lowest BCUT2D eigenvalue weighted by molar-refractivity contribution is 1.09. The van der Waals surface area contributed by atoms with Gasteiger partial charge in [0, 0.05) is 23.0 Å². The fourth-order valence-corrected chi connectivity index (χ4v) is 2.77. The second-order valence-corrected chi connectivity index (χ2v) is 5.67. The monoisotopic (exact) mass is 284 g/mol. The molecule has 0 saturated carbocycles. The van der Waals surface area contributed by atoms with E-state index in [0.29, 0.717) is 0 Å². The van der Waals surface area contributed by atoms with Crippen molar-refractivity contribution >= 4 is 17.0 Å². The summed E-state index contributed by atoms with van der Waals surface area (Å²) in [4.78, 5) is 5.63. The van der Waals surface area contributed by atoms with Crippen LogP contribution in [0.1, 0.15) is 16.8 Å². The van der Waals surface area contributed by atoms with Crippen LogP contribution in [0.25, 0.3) is 11.3 Å². The van der Waals surface area contributed by atoms with Crippen molar-refractivity contribution in [2.24, 2.45) is 0 Å². The molecule has 0 spiro atoms. The van der Waals surface area contributed by atoms with E-state index in [1.165, 1.54) is 9.88 Å². The number of aromatic nitrogens is 3. The molecule has 0 unspecified atom stereocenters. The van der Waals surface area contributed by atoms with Crippen LogP contribution in [0.15, 0.2) is 42.7 Å². The van der Waals surface area contributed by atoms with Gasteiger partial charge < -0.3 is 5.32 Å². The summed E-state index contributed by atoms with van der Waals surface area (Å²) in [7, 11) is 0. The number of aromatic amines is 1. The van der Waals surface area contributed by atoms with Crippen molar-refractivity contribution in [3.05, 3.63) is 52.6 Å². The number of aryl methyl sites for hydroxylation is 1. The third-order valence-electron chi connectivity index (χ3n) is 3.07. The highest BCUT2D eigenvalue weighted by Gasteiger charge is 2.01. The van der Waals surface area contributed by atoms with Gasteiger partial charge in [0.1, 0.15) is 0 Å². The van der Waals surface area contributed by atoms with Crippen LogP contribution < -0.4 is 5.32 Å². The molecule has 0 saturated heterocycles. The third-order valence-corrected chi connectivity index (χ3v) is 4.21. The van der Waals surface area contributed by atoms with Crippen molar-refractivity contribution < 1.29 is 0 Å². The van der Waals surface area contributed by atoms with Crippen molar-refractivity contribution in [2.75, 3.05) is 5.32 Å². The van der Waals surface area contributed by atoms with E-state index in [1.807, 2.05) is 12.3 Å². The largest absolute Gasteiger partial charge is 0.380 e. The van der Waals surface area contributed by atoms with Gasteiger partial charge in [-0.2, -0.15) is 5.10 Å². The zero-order valence-electron chi connectivity index (χ0n) is 11.3. The maximum absolute atomic E-state index is 4.36. The van der Waals surface area contributed by atoms with E-state index in [9.17, 15) is 0 Å². The summed E-state index contributed by atoms with van der Waals surface area (Å²) in [6, 6.07) is 10.3. The van der Waals surface area contributed by atoms with Crippen molar-refractivity contribution in [3.63, 3.8) is 0 Å². The van der Waals surface area contributed by atoms with Crippen LogP contribution in [0.2, 0.25) is 0 Å². The predicted octanol–water partition coefficient (Wildman–Crippen LogP) is 3.71. The minimum atomic E-state index is 0.821. The molecule has 20 heavy (non-hydrogen) atoms. The minimum Gasteiger partial charge on any atom is -0.380 e. The number of nitrogens with zero attached hydrogens (tertiary/aromatic N) is 2. The Balaban J connectivity index is 1.63. The van der Waals surface area contributed by atoms with Gasteiger partial charge in [0.15, 0.2) is 0 Å². The molecule has 0 atom stereocenters. The number of anilines is 1. The number of rotatable bonds is 5. The van der Waals surface area contributed by atoms with Gasteiger partial charge in [-0.15, -0.1) is 11.3 Å². The van der Waals surface area contributed by atoms with E-state index < -0.39 is 0 Å². The van der Waals surface area contributed by atoms with Gasteiger partial charge in [0.25, 0.3) is 0 Å². The Morgan fingerprint density at radius 1 is 1.20 bits per heavy atom. The van der Waals surface area contributed by atoms with Crippen molar-refractivity contribution in [3.8, 4) is 11.3 Å². The third kappa shape index (κ3) is 2.88. The molecule has 0 aliphatic rings. The number of thiazole rings is 1. The van der Waals surface area contributed by atoms with Crippen molar-refractivity contribution in [1.29, 1.82) is 0 Å². The topological polar surface area (TPSA) is 53.6 Å². The summed E-state index contributed by atoms with van der Waals surface area (Å²) < 4.78 is 0. The summed E-state index contributed by atoms with van der Waals surface area (Å²) in [5, 5.41) is 11.5. The molecule has 3 rings (SSSR count). The SMILES string of the molecule is CCc1ncc(CNc2ccc(-c3ccn[nH]3)cc2)s1. The number of nitrogens with one attached hydrogen (secondary N) is 2.